The molecule has 0 amide bonds. The van der Waals surface area contributed by atoms with Gasteiger partial charge in [0.25, 0.3) is 0 Å². The molecule has 134 valence electrons. The summed E-state index contributed by atoms with van der Waals surface area (Å²) < 4.78 is 0. The van der Waals surface area contributed by atoms with Crippen molar-refractivity contribution >= 4 is 28.9 Å². The minimum atomic E-state index is 0.206. The van der Waals surface area contributed by atoms with Crippen LogP contribution in [0.15, 0.2) is 78.9 Å². The average Bonchev–Trinajstić information content (AvgIpc) is 3.20. The number of allylic oxidation sites excluding steroid dienone is 2. The van der Waals surface area contributed by atoms with E-state index in [0.29, 0.717) is 21.9 Å². The number of hydrogen-bond acceptors (Lipinski definition) is 1. The third kappa shape index (κ3) is 2.86. The summed E-state index contributed by atoms with van der Waals surface area (Å²) in [6.45, 7) is 0. The summed E-state index contributed by atoms with van der Waals surface area (Å²) in [5.74, 6) is 0.908. The summed E-state index contributed by atoms with van der Waals surface area (Å²) in [5, 5.41) is 5.07. The van der Waals surface area contributed by atoms with Gasteiger partial charge < -0.3 is 5.32 Å². The van der Waals surface area contributed by atoms with E-state index < -0.39 is 0 Å². The Kier molecular flexibility index (Phi) is 4.22. The summed E-state index contributed by atoms with van der Waals surface area (Å²) in [5.41, 5.74) is 6.28. The van der Waals surface area contributed by atoms with Crippen LogP contribution in [0.4, 0.5) is 5.69 Å². The first-order chi connectivity index (χ1) is 13.2. The quantitative estimate of drug-likeness (QED) is 0.446. The van der Waals surface area contributed by atoms with Crippen molar-refractivity contribution in [2.75, 3.05) is 5.32 Å². The maximum absolute atomic E-state index is 6.33. The van der Waals surface area contributed by atoms with Gasteiger partial charge in [-0.05, 0) is 41.2 Å². The van der Waals surface area contributed by atoms with Gasteiger partial charge in [0.1, 0.15) is 0 Å². The molecule has 1 heterocycles. The molecule has 2 aliphatic rings. The third-order valence-corrected chi connectivity index (χ3v) is 6.52. The van der Waals surface area contributed by atoms with Crippen molar-refractivity contribution < 1.29 is 0 Å². The molecule has 5 rings (SSSR count). The maximum Gasteiger partial charge on any atom is 0.0595 e. The topological polar surface area (TPSA) is 12.0 Å². The zero-order chi connectivity index (χ0) is 18.4. The van der Waals surface area contributed by atoms with E-state index in [-0.39, 0.29) is 6.04 Å². The molecule has 1 aliphatic carbocycles. The second kappa shape index (κ2) is 6.74. The monoisotopic (exact) mass is 391 g/mol. The Labute approximate surface area is 169 Å². The number of benzene rings is 3. The van der Waals surface area contributed by atoms with E-state index >= 15 is 0 Å². The van der Waals surface area contributed by atoms with Crippen LogP contribution in [0.1, 0.15) is 29.5 Å². The van der Waals surface area contributed by atoms with Gasteiger partial charge in [-0.3, -0.25) is 0 Å². The maximum atomic E-state index is 6.33. The van der Waals surface area contributed by atoms with Crippen molar-refractivity contribution in [2.24, 2.45) is 5.92 Å². The summed E-state index contributed by atoms with van der Waals surface area (Å²) in [7, 11) is 0. The average molecular weight is 392 g/mol. The normalized spacial score (nSPS) is 22.8. The summed E-state index contributed by atoms with van der Waals surface area (Å²) in [4.78, 5) is 0. The van der Waals surface area contributed by atoms with E-state index in [9.17, 15) is 0 Å². The first-order valence-corrected chi connectivity index (χ1v) is 10.0. The molecule has 1 nitrogen and oxygen atoms in total. The van der Waals surface area contributed by atoms with Gasteiger partial charge in [-0.2, -0.15) is 0 Å². The number of halogens is 2. The molecule has 3 aromatic rings. The lowest BCUT2D eigenvalue weighted by molar-refractivity contribution is 0.426. The highest BCUT2D eigenvalue weighted by molar-refractivity contribution is 6.42. The Bertz CT molecular complexity index is 1030. The molecular weight excluding hydrogens is 373 g/mol. The predicted octanol–water partition coefficient (Wildman–Crippen LogP) is 7.49. The fraction of sp³-hybridized carbons (Fsp3) is 0.167. The van der Waals surface area contributed by atoms with Gasteiger partial charge in [-0.1, -0.05) is 90.0 Å². The number of nitrogens with one attached hydrogen (secondary N) is 1. The zero-order valence-corrected chi connectivity index (χ0v) is 16.2. The van der Waals surface area contributed by atoms with Crippen LogP contribution in [-0.2, 0) is 0 Å². The molecule has 0 saturated carbocycles. The van der Waals surface area contributed by atoms with E-state index in [1.165, 1.54) is 27.9 Å². The van der Waals surface area contributed by atoms with Gasteiger partial charge in [-0.15, -0.1) is 0 Å². The van der Waals surface area contributed by atoms with E-state index in [1.54, 1.807) is 0 Å². The molecule has 0 bridgehead atoms. The molecule has 0 radical (unpaired) electrons. The Morgan fingerprint density at radius 3 is 2.52 bits per heavy atom. The Hall–Kier alpha value is -2.22. The van der Waals surface area contributed by atoms with Crippen LogP contribution in [0.2, 0.25) is 10.0 Å². The number of hydrogen-bond donors (Lipinski definition) is 1. The van der Waals surface area contributed by atoms with Gasteiger partial charge >= 0.3 is 0 Å². The van der Waals surface area contributed by atoms with E-state index in [2.05, 4.69) is 72.1 Å². The number of para-hydroxylation sites is 1. The van der Waals surface area contributed by atoms with E-state index in [4.69, 9.17) is 23.2 Å². The summed E-state index contributed by atoms with van der Waals surface area (Å²) >= 11 is 12.5. The molecule has 0 spiro atoms. The van der Waals surface area contributed by atoms with Crippen molar-refractivity contribution in [3.63, 3.8) is 0 Å². The van der Waals surface area contributed by atoms with Crippen molar-refractivity contribution in [2.45, 2.75) is 18.4 Å². The highest BCUT2D eigenvalue weighted by Crippen LogP contribution is 2.52. The number of rotatable bonds is 2. The molecule has 0 fully saturated rings. The minimum absolute atomic E-state index is 0.206. The number of anilines is 1. The van der Waals surface area contributed by atoms with Gasteiger partial charge in [-0.25, -0.2) is 0 Å². The highest BCUT2D eigenvalue weighted by Gasteiger charge is 2.38. The highest BCUT2D eigenvalue weighted by atomic mass is 35.5. The van der Waals surface area contributed by atoms with Crippen LogP contribution in [-0.4, -0.2) is 0 Å². The van der Waals surface area contributed by atoms with Crippen molar-refractivity contribution in [3.8, 4) is 11.1 Å². The lowest BCUT2D eigenvalue weighted by atomic mass is 9.76. The Balaban J connectivity index is 1.65. The molecule has 0 aromatic heterocycles. The Morgan fingerprint density at radius 1 is 0.852 bits per heavy atom. The van der Waals surface area contributed by atoms with Crippen LogP contribution in [0, 0.1) is 5.92 Å². The standard InChI is InChI=1S/C24H19Cl2N/c25-21-13-12-16(14-22(21)26)23-19-10-5-9-18(19)20-11-4-8-17(24(20)27-23)15-6-2-1-3-7-15/h1-9,11-14,18-19,23,27H,10H2/t18-,19+,23+/m1/s1. The molecule has 1 aliphatic heterocycles. The largest absolute Gasteiger partial charge is 0.377 e. The van der Waals surface area contributed by atoms with Crippen molar-refractivity contribution in [3.05, 3.63) is 100 Å². The third-order valence-electron chi connectivity index (χ3n) is 5.78. The lowest BCUT2D eigenvalue weighted by Gasteiger charge is -2.38. The van der Waals surface area contributed by atoms with Gasteiger partial charge in [0, 0.05) is 17.2 Å². The van der Waals surface area contributed by atoms with Gasteiger partial charge in [0.2, 0.25) is 0 Å². The molecule has 3 heteroatoms. The molecule has 27 heavy (non-hydrogen) atoms. The number of fused-ring (bicyclic) bond motifs is 3. The van der Waals surface area contributed by atoms with Crippen molar-refractivity contribution in [1.29, 1.82) is 0 Å². The first kappa shape index (κ1) is 16.9. The second-order valence-corrected chi connectivity index (χ2v) is 8.10. The fourth-order valence-electron chi connectivity index (χ4n) is 4.52. The van der Waals surface area contributed by atoms with Crippen LogP contribution in [0.3, 0.4) is 0 Å². The van der Waals surface area contributed by atoms with Crippen LogP contribution >= 0.6 is 23.2 Å². The molecule has 3 aromatic carbocycles. The summed E-state index contributed by atoms with van der Waals surface area (Å²) in [6, 6.07) is 23.4. The summed E-state index contributed by atoms with van der Waals surface area (Å²) in [6.07, 6.45) is 5.74. The van der Waals surface area contributed by atoms with Crippen LogP contribution in [0.5, 0.6) is 0 Å². The molecule has 0 saturated heterocycles. The van der Waals surface area contributed by atoms with Crippen LogP contribution < -0.4 is 5.32 Å². The van der Waals surface area contributed by atoms with Gasteiger partial charge in [0.15, 0.2) is 0 Å². The predicted molar refractivity (Wildman–Crippen MR) is 115 cm³/mol. The molecule has 3 atom stereocenters. The molecular formula is C24H19Cl2N. The molecule has 1 N–H and O–H groups in total. The van der Waals surface area contributed by atoms with Crippen molar-refractivity contribution in [1.82, 2.24) is 0 Å². The van der Waals surface area contributed by atoms with E-state index in [1.807, 2.05) is 12.1 Å². The SMILES string of the molecule is Clc1ccc([C@@H]2Nc3c(-c4ccccc4)cccc3[C@@H]3C=CC[C@@H]32)cc1Cl. The second-order valence-electron chi connectivity index (χ2n) is 7.28. The first-order valence-electron chi connectivity index (χ1n) is 9.29. The Morgan fingerprint density at radius 2 is 1.70 bits per heavy atom. The van der Waals surface area contributed by atoms with Crippen LogP contribution in [0.25, 0.3) is 11.1 Å². The minimum Gasteiger partial charge on any atom is -0.377 e. The fourth-order valence-corrected chi connectivity index (χ4v) is 4.82. The van der Waals surface area contributed by atoms with E-state index in [0.717, 1.165) is 6.42 Å². The lowest BCUT2D eigenvalue weighted by Crippen LogP contribution is -2.29. The zero-order valence-electron chi connectivity index (χ0n) is 14.7. The smallest absolute Gasteiger partial charge is 0.0595 e. The molecule has 0 unspecified atom stereocenters. The van der Waals surface area contributed by atoms with Gasteiger partial charge in [0.05, 0.1) is 16.1 Å².